The number of para-hydroxylation sites is 1. The van der Waals surface area contributed by atoms with E-state index in [0.29, 0.717) is 0 Å². The van der Waals surface area contributed by atoms with Crippen molar-refractivity contribution < 1.29 is 4.57 Å². The van der Waals surface area contributed by atoms with Crippen LogP contribution in [0.2, 0.25) is 0 Å². The molecule has 0 amide bonds. The molecule has 0 saturated heterocycles. The molecule has 0 bridgehead atoms. The van der Waals surface area contributed by atoms with E-state index in [1.807, 2.05) is 56.8 Å². The molecule has 3 heteroatoms. The molecule has 0 aliphatic rings. The van der Waals surface area contributed by atoms with Gasteiger partial charge in [0.15, 0.2) is 0 Å². The van der Waals surface area contributed by atoms with Crippen LogP contribution in [0.25, 0.3) is 0 Å². The van der Waals surface area contributed by atoms with Crippen molar-refractivity contribution in [1.29, 1.82) is 0 Å². The van der Waals surface area contributed by atoms with Gasteiger partial charge >= 0.3 is 5.82 Å². The van der Waals surface area contributed by atoms with Gasteiger partial charge in [-0.05, 0) is 18.6 Å². The number of aliphatic imine (C=N–C) groups is 1. The second-order valence-corrected chi connectivity index (χ2v) is 4.09. The molecule has 0 saturated carbocycles. The highest BCUT2D eigenvalue weighted by atomic mass is 15.1. The Kier molecular flexibility index (Phi) is 3.38. The van der Waals surface area contributed by atoms with Crippen LogP contribution in [-0.4, -0.2) is 10.3 Å². The van der Waals surface area contributed by atoms with Crippen LogP contribution in [-0.2, 0) is 14.1 Å². The van der Waals surface area contributed by atoms with E-state index in [4.69, 9.17) is 4.99 Å². The smallest absolute Gasteiger partial charge is 0.245 e. The van der Waals surface area contributed by atoms with Gasteiger partial charge in [-0.3, -0.25) is 0 Å². The van der Waals surface area contributed by atoms with Crippen LogP contribution in [0.4, 0.5) is 5.69 Å². The van der Waals surface area contributed by atoms with Gasteiger partial charge in [0.05, 0.1) is 19.8 Å². The standard InChI is InChI=1S/C14H18N3/c1-4-13(14-16(2)10-11-17(14)3)15-12-8-6-5-7-9-12/h5-11H,4H2,1-3H3/q+1. The van der Waals surface area contributed by atoms with Crippen molar-refractivity contribution >= 4 is 11.4 Å². The monoisotopic (exact) mass is 228 g/mol. The first-order valence-electron chi connectivity index (χ1n) is 5.86. The van der Waals surface area contributed by atoms with E-state index in [2.05, 4.69) is 16.1 Å². The Morgan fingerprint density at radius 1 is 1.29 bits per heavy atom. The minimum Gasteiger partial charge on any atom is -0.245 e. The Hall–Kier alpha value is -1.90. The van der Waals surface area contributed by atoms with Crippen molar-refractivity contribution in [2.24, 2.45) is 19.1 Å². The number of hydrogen-bond donors (Lipinski definition) is 0. The highest BCUT2D eigenvalue weighted by molar-refractivity contribution is 5.97. The molecule has 88 valence electrons. The van der Waals surface area contributed by atoms with E-state index >= 15 is 0 Å². The molecular weight excluding hydrogens is 210 g/mol. The van der Waals surface area contributed by atoms with Gasteiger partial charge in [0, 0.05) is 0 Å². The van der Waals surface area contributed by atoms with Crippen molar-refractivity contribution in [2.75, 3.05) is 0 Å². The average Bonchev–Trinajstić information content (AvgIpc) is 2.68. The molecular formula is C14H18N3+. The Bertz CT molecular complexity index is 504. The maximum Gasteiger partial charge on any atom is 0.303 e. The number of hydrogen-bond acceptors (Lipinski definition) is 1. The first kappa shape index (κ1) is 11.6. The molecule has 17 heavy (non-hydrogen) atoms. The van der Waals surface area contributed by atoms with E-state index in [0.717, 1.165) is 23.6 Å². The van der Waals surface area contributed by atoms with Crippen LogP contribution in [0.15, 0.2) is 47.7 Å². The summed E-state index contributed by atoms with van der Waals surface area (Å²) in [5, 5.41) is 0. The summed E-state index contributed by atoms with van der Waals surface area (Å²) in [6, 6.07) is 10.1. The quantitative estimate of drug-likeness (QED) is 0.568. The predicted molar refractivity (Wildman–Crippen MR) is 69.5 cm³/mol. The third-order valence-corrected chi connectivity index (χ3v) is 2.80. The van der Waals surface area contributed by atoms with Crippen molar-refractivity contribution in [2.45, 2.75) is 13.3 Å². The molecule has 2 aromatic rings. The van der Waals surface area contributed by atoms with Gasteiger partial charge in [-0.2, -0.15) is 0 Å². The summed E-state index contributed by atoms with van der Waals surface area (Å²) >= 11 is 0. The lowest BCUT2D eigenvalue weighted by Crippen LogP contribution is -2.35. The highest BCUT2D eigenvalue weighted by Crippen LogP contribution is 2.13. The molecule has 0 fully saturated rings. The third-order valence-electron chi connectivity index (χ3n) is 2.80. The fourth-order valence-electron chi connectivity index (χ4n) is 1.94. The van der Waals surface area contributed by atoms with Crippen LogP contribution < -0.4 is 4.57 Å². The lowest BCUT2D eigenvalue weighted by Gasteiger charge is -2.01. The number of imidazole rings is 1. The summed E-state index contributed by atoms with van der Waals surface area (Å²) in [4.78, 5) is 4.72. The minimum atomic E-state index is 0.917. The van der Waals surface area contributed by atoms with E-state index in [9.17, 15) is 0 Å². The first-order chi connectivity index (χ1) is 8.22. The molecule has 0 spiro atoms. The molecule has 3 nitrogen and oxygen atoms in total. The van der Waals surface area contributed by atoms with Crippen molar-refractivity contribution in [1.82, 2.24) is 4.57 Å². The second kappa shape index (κ2) is 4.95. The fraction of sp³-hybridized carbons (Fsp3) is 0.286. The molecule has 0 aliphatic carbocycles. The van der Waals surface area contributed by atoms with E-state index in [1.165, 1.54) is 0 Å². The fourth-order valence-corrected chi connectivity index (χ4v) is 1.94. The summed E-state index contributed by atoms with van der Waals surface area (Å²) < 4.78 is 4.20. The Balaban J connectivity index is 2.44. The van der Waals surface area contributed by atoms with Crippen LogP contribution in [0.3, 0.4) is 0 Å². The number of nitrogens with zero attached hydrogens (tertiary/aromatic N) is 3. The number of rotatable bonds is 3. The molecule has 1 aromatic carbocycles. The van der Waals surface area contributed by atoms with Gasteiger partial charge in [0.2, 0.25) is 0 Å². The maximum absolute atomic E-state index is 4.72. The highest BCUT2D eigenvalue weighted by Gasteiger charge is 2.17. The van der Waals surface area contributed by atoms with Gasteiger partial charge in [0.25, 0.3) is 0 Å². The summed E-state index contributed by atoms with van der Waals surface area (Å²) in [5.74, 6) is 1.15. The van der Waals surface area contributed by atoms with E-state index in [1.54, 1.807) is 0 Å². The van der Waals surface area contributed by atoms with Crippen LogP contribution in [0.1, 0.15) is 19.2 Å². The molecule has 0 unspecified atom stereocenters. The van der Waals surface area contributed by atoms with Crippen molar-refractivity contribution in [3.05, 3.63) is 48.5 Å². The largest absolute Gasteiger partial charge is 0.303 e. The normalized spacial score (nSPS) is 11.8. The third kappa shape index (κ3) is 2.44. The lowest BCUT2D eigenvalue weighted by atomic mass is 10.2. The van der Waals surface area contributed by atoms with E-state index < -0.39 is 0 Å². The molecule has 0 aliphatic heterocycles. The molecule has 0 N–H and O–H groups in total. The minimum absolute atomic E-state index is 0.917. The van der Waals surface area contributed by atoms with Gasteiger partial charge in [-0.25, -0.2) is 14.1 Å². The first-order valence-corrected chi connectivity index (χ1v) is 5.86. The summed E-state index contributed by atoms with van der Waals surface area (Å²) in [7, 11) is 4.09. The molecule has 0 radical (unpaired) electrons. The zero-order valence-corrected chi connectivity index (χ0v) is 10.6. The molecule has 1 heterocycles. The Morgan fingerprint density at radius 2 is 2.00 bits per heavy atom. The number of aromatic nitrogens is 2. The van der Waals surface area contributed by atoms with Gasteiger partial charge in [0.1, 0.15) is 18.1 Å². The average molecular weight is 228 g/mol. The van der Waals surface area contributed by atoms with Crippen molar-refractivity contribution in [3.8, 4) is 0 Å². The van der Waals surface area contributed by atoms with Crippen LogP contribution in [0, 0.1) is 0 Å². The molecule has 2 rings (SSSR count). The van der Waals surface area contributed by atoms with Crippen LogP contribution >= 0.6 is 0 Å². The zero-order chi connectivity index (χ0) is 12.3. The maximum atomic E-state index is 4.72. The van der Waals surface area contributed by atoms with E-state index in [-0.39, 0.29) is 0 Å². The summed E-state index contributed by atoms with van der Waals surface area (Å²) in [5.41, 5.74) is 2.11. The topological polar surface area (TPSA) is 21.2 Å². The second-order valence-electron chi connectivity index (χ2n) is 4.09. The van der Waals surface area contributed by atoms with Gasteiger partial charge in [-0.1, -0.05) is 25.1 Å². The molecule has 0 atom stereocenters. The number of benzene rings is 1. The lowest BCUT2D eigenvalue weighted by molar-refractivity contribution is -0.672. The predicted octanol–water partition coefficient (Wildman–Crippen LogP) is 2.38. The summed E-state index contributed by atoms with van der Waals surface area (Å²) in [6.07, 6.45) is 5.01. The Morgan fingerprint density at radius 3 is 2.53 bits per heavy atom. The van der Waals surface area contributed by atoms with Gasteiger partial charge in [-0.15, -0.1) is 0 Å². The van der Waals surface area contributed by atoms with Crippen molar-refractivity contribution in [3.63, 3.8) is 0 Å². The van der Waals surface area contributed by atoms with Gasteiger partial charge < -0.3 is 0 Å². The SMILES string of the molecule is CCC(=Nc1ccccc1)c1n(C)cc[n+]1C. The summed E-state index contributed by atoms with van der Waals surface area (Å²) in [6.45, 7) is 2.13. The Labute approximate surface area is 102 Å². The zero-order valence-electron chi connectivity index (χ0n) is 10.6. The number of aryl methyl sites for hydroxylation is 2. The van der Waals surface area contributed by atoms with Crippen LogP contribution in [0.5, 0.6) is 0 Å². The molecule has 1 aromatic heterocycles.